The van der Waals surface area contributed by atoms with Crippen LogP contribution in [0.2, 0.25) is 5.02 Å². The number of carbonyl (C=O) groups excluding carboxylic acids is 4. The lowest BCUT2D eigenvalue weighted by Gasteiger charge is -2.49. The number of phenols is 1. The molecule has 1 N–H and O–H groups in total. The molecule has 0 aromatic heterocycles. The third-order valence-electron chi connectivity index (χ3n) is 10.2. The van der Waals surface area contributed by atoms with Gasteiger partial charge in [0.25, 0.3) is 0 Å². The molecule has 9 nitrogen and oxygen atoms in total. The first-order chi connectivity index (χ1) is 21.6. The molecule has 3 aromatic carbocycles. The second-order valence-electron chi connectivity index (χ2n) is 12.2. The maximum absolute atomic E-state index is 14.6. The van der Waals surface area contributed by atoms with Gasteiger partial charge in [-0.1, -0.05) is 41.4 Å². The molecule has 1 saturated carbocycles. The number of hydrogen-bond acceptors (Lipinski definition) is 7. The third-order valence-corrected chi connectivity index (χ3v) is 10.4. The number of amides is 4. The molecule has 230 valence electrons. The number of nitrogens with zero attached hydrogens (tertiary/aromatic N) is 2. The van der Waals surface area contributed by atoms with E-state index in [0.29, 0.717) is 22.0 Å². The third kappa shape index (κ3) is 4.06. The molecule has 0 bridgehead atoms. The molecule has 45 heavy (non-hydrogen) atoms. The van der Waals surface area contributed by atoms with E-state index in [1.54, 1.807) is 55.5 Å². The smallest absolute Gasteiger partial charge is 0.241 e. The van der Waals surface area contributed by atoms with Gasteiger partial charge in [0, 0.05) is 28.6 Å². The first-order valence-electron chi connectivity index (χ1n) is 14.8. The van der Waals surface area contributed by atoms with Crippen molar-refractivity contribution in [2.45, 2.75) is 25.7 Å². The van der Waals surface area contributed by atoms with E-state index in [4.69, 9.17) is 21.1 Å². The summed E-state index contributed by atoms with van der Waals surface area (Å²) in [6, 6.07) is 18.3. The summed E-state index contributed by atoms with van der Waals surface area (Å²) in [5.74, 6) is -4.32. The summed E-state index contributed by atoms with van der Waals surface area (Å²) in [7, 11) is 2.92. The number of imide groups is 2. The van der Waals surface area contributed by atoms with E-state index >= 15 is 0 Å². The van der Waals surface area contributed by atoms with Gasteiger partial charge in [-0.3, -0.25) is 24.1 Å². The molecule has 10 heteroatoms. The first-order valence-corrected chi connectivity index (χ1v) is 15.2. The molecule has 3 aromatic rings. The molecule has 2 aliphatic heterocycles. The highest BCUT2D eigenvalue weighted by Gasteiger charge is 2.68. The largest absolute Gasteiger partial charge is 0.508 e. The van der Waals surface area contributed by atoms with Crippen LogP contribution in [-0.2, 0) is 19.2 Å². The minimum absolute atomic E-state index is 0.0888. The van der Waals surface area contributed by atoms with Crippen LogP contribution in [0.25, 0.3) is 0 Å². The molecule has 0 unspecified atom stereocenters. The minimum Gasteiger partial charge on any atom is -0.508 e. The fourth-order valence-corrected chi connectivity index (χ4v) is 8.33. The highest BCUT2D eigenvalue weighted by molar-refractivity contribution is 6.31. The van der Waals surface area contributed by atoms with E-state index in [1.165, 1.54) is 36.2 Å². The number of phenolic OH excluding ortho intramolecular Hbond substituents is 1. The van der Waals surface area contributed by atoms with Gasteiger partial charge in [0.05, 0.1) is 48.8 Å². The van der Waals surface area contributed by atoms with Crippen LogP contribution in [-0.4, -0.2) is 43.0 Å². The zero-order valence-corrected chi connectivity index (χ0v) is 25.7. The van der Waals surface area contributed by atoms with Crippen molar-refractivity contribution in [1.82, 2.24) is 0 Å². The van der Waals surface area contributed by atoms with Gasteiger partial charge >= 0.3 is 0 Å². The summed E-state index contributed by atoms with van der Waals surface area (Å²) in [6.45, 7) is 1.79. The normalized spacial score (nSPS) is 28.9. The lowest BCUT2D eigenvalue weighted by Crippen LogP contribution is -2.49. The quantitative estimate of drug-likeness (QED) is 0.294. The molecular formula is C35H31ClN2O7. The van der Waals surface area contributed by atoms with Gasteiger partial charge < -0.3 is 14.6 Å². The van der Waals surface area contributed by atoms with Crippen LogP contribution in [0.4, 0.5) is 11.4 Å². The molecular weight excluding hydrogens is 596 g/mol. The molecule has 3 fully saturated rings. The molecule has 0 spiro atoms. The maximum Gasteiger partial charge on any atom is 0.241 e. The van der Waals surface area contributed by atoms with E-state index in [9.17, 15) is 24.3 Å². The van der Waals surface area contributed by atoms with Crippen LogP contribution in [0.15, 0.2) is 78.4 Å². The van der Waals surface area contributed by atoms with E-state index in [0.717, 1.165) is 5.57 Å². The minimum atomic E-state index is -1.29. The number of halogens is 1. The van der Waals surface area contributed by atoms with E-state index in [-0.39, 0.29) is 53.7 Å². The molecule has 7 rings (SSSR count). The standard InChI is InChI=1S/C35H31ClN2O7/c1-35-25(32(41)38(34(35)43)19-7-5-4-6-8-19)17-24-22(30(35)29-26(44-2)15-21(39)16-27(29)45-3)13-14-23-28(24)33(42)37(31(23)40)20-11-9-18(36)10-12-20/h4-13,15-16,23-25,28,30,39H,14,17H2,1-3H3/t23-,24+,25-,28-,30+,35+/m0/s1. The second-order valence-corrected chi connectivity index (χ2v) is 12.7. The van der Waals surface area contributed by atoms with Crippen LogP contribution < -0.4 is 19.3 Å². The summed E-state index contributed by atoms with van der Waals surface area (Å²) >= 11 is 6.09. The first kappa shape index (κ1) is 29.1. The Labute approximate surface area is 265 Å². The van der Waals surface area contributed by atoms with Crippen molar-refractivity contribution >= 4 is 46.6 Å². The van der Waals surface area contributed by atoms with Crippen molar-refractivity contribution in [2.75, 3.05) is 24.0 Å². The van der Waals surface area contributed by atoms with Crippen LogP contribution >= 0.6 is 11.6 Å². The van der Waals surface area contributed by atoms with Crippen LogP contribution in [0.5, 0.6) is 17.2 Å². The number of rotatable bonds is 5. The zero-order valence-electron chi connectivity index (χ0n) is 24.9. The van der Waals surface area contributed by atoms with E-state index in [2.05, 4.69) is 0 Å². The fraction of sp³-hybridized carbons (Fsp3) is 0.314. The average molecular weight is 627 g/mol. The Balaban J connectivity index is 1.42. The molecule has 6 atom stereocenters. The number of carbonyl (C=O) groups is 4. The Morgan fingerprint density at radius 2 is 1.44 bits per heavy atom. The van der Waals surface area contributed by atoms with Crippen molar-refractivity contribution in [3.63, 3.8) is 0 Å². The van der Waals surface area contributed by atoms with Crippen LogP contribution in [0, 0.1) is 29.1 Å². The number of hydrogen-bond donors (Lipinski definition) is 1. The van der Waals surface area contributed by atoms with Crippen molar-refractivity contribution in [2.24, 2.45) is 29.1 Å². The number of aromatic hydroxyl groups is 1. The van der Waals surface area contributed by atoms with E-state index < -0.39 is 35.0 Å². The molecule has 0 radical (unpaired) electrons. The van der Waals surface area contributed by atoms with Gasteiger partial charge in [0.15, 0.2) is 0 Å². The highest BCUT2D eigenvalue weighted by Crippen LogP contribution is 2.65. The van der Waals surface area contributed by atoms with Crippen molar-refractivity contribution in [1.29, 1.82) is 0 Å². The summed E-state index contributed by atoms with van der Waals surface area (Å²) in [6.07, 6.45) is 2.46. The number of allylic oxidation sites excluding steroid dienone is 2. The van der Waals surface area contributed by atoms with Gasteiger partial charge in [-0.15, -0.1) is 0 Å². The Kier molecular flexibility index (Phi) is 6.78. The van der Waals surface area contributed by atoms with Crippen molar-refractivity contribution in [3.05, 3.63) is 89.0 Å². The van der Waals surface area contributed by atoms with Crippen molar-refractivity contribution < 1.29 is 33.8 Å². The summed E-state index contributed by atoms with van der Waals surface area (Å²) in [4.78, 5) is 59.4. The number of benzene rings is 3. The Morgan fingerprint density at radius 3 is 2.07 bits per heavy atom. The number of methoxy groups -OCH3 is 2. The Morgan fingerprint density at radius 1 is 0.822 bits per heavy atom. The monoisotopic (exact) mass is 626 g/mol. The zero-order chi connectivity index (χ0) is 31.8. The van der Waals surface area contributed by atoms with Gasteiger partial charge in [0.1, 0.15) is 17.2 Å². The van der Waals surface area contributed by atoms with Crippen LogP contribution in [0.1, 0.15) is 31.2 Å². The topological polar surface area (TPSA) is 113 Å². The summed E-state index contributed by atoms with van der Waals surface area (Å²) in [5, 5.41) is 11.0. The van der Waals surface area contributed by atoms with Gasteiger partial charge in [-0.25, -0.2) is 4.90 Å². The van der Waals surface area contributed by atoms with Crippen LogP contribution in [0.3, 0.4) is 0 Å². The Bertz CT molecular complexity index is 1760. The molecule has 4 amide bonds. The van der Waals surface area contributed by atoms with Gasteiger partial charge in [-0.2, -0.15) is 0 Å². The summed E-state index contributed by atoms with van der Waals surface area (Å²) < 4.78 is 11.5. The average Bonchev–Trinajstić information content (AvgIpc) is 3.41. The maximum atomic E-state index is 14.6. The molecule has 4 aliphatic rings. The van der Waals surface area contributed by atoms with Gasteiger partial charge in [0.2, 0.25) is 23.6 Å². The van der Waals surface area contributed by atoms with Gasteiger partial charge in [-0.05, 0) is 62.1 Å². The molecule has 2 heterocycles. The van der Waals surface area contributed by atoms with Crippen molar-refractivity contribution in [3.8, 4) is 17.2 Å². The number of ether oxygens (including phenoxy) is 2. The second kappa shape index (κ2) is 10.5. The summed E-state index contributed by atoms with van der Waals surface area (Å²) in [5.41, 5.74) is 0.893. The highest BCUT2D eigenvalue weighted by atomic mass is 35.5. The van der Waals surface area contributed by atoms with E-state index in [1.807, 2.05) is 12.1 Å². The number of fused-ring (bicyclic) bond motifs is 4. The fourth-order valence-electron chi connectivity index (χ4n) is 8.20. The predicted molar refractivity (Wildman–Crippen MR) is 166 cm³/mol. The Hall–Kier alpha value is -4.63. The SMILES string of the molecule is COc1cc(O)cc(OC)c1[C@H]1C2=CC[C@@H]3C(=O)N(c4ccc(Cl)cc4)C(=O)[C@@H]3[C@@H]2C[C@H]2C(=O)N(c3ccccc3)C(=O)[C@@]12C. The lowest BCUT2D eigenvalue weighted by atomic mass is 9.51. The molecule has 2 saturated heterocycles. The molecule has 2 aliphatic carbocycles. The lowest BCUT2D eigenvalue weighted by molar-refractivity contribution is -0.131. The number of para-hydroxylation sites is 1. The number of anilines is 2. The predicted octanol–water partition coefficient (Wildman–Crippen LogP) is 5.50.